The van der Waals surface area contributed by atoms with Crippen LogP contribution in [0.3, 0.4) is 0 Å². The number of methoxy groups -OCH3 is 2. The highest BCUT2D eigenvalue weighted by Crippen LogP contribution is 2.73. The molecule has 0 aromatic heterocycles. The standard InChI is InChI=1S/C17H21ClO2/c1-19-12-6-5-11(8-13(12)20-2)17(18)16-14-9-3-4-10(7-9)15(14)16/h5-6,8-10,14-17H,3-4,7H2,1-2H3. The molecule has 3 aliphatic carbocycles. The van der Waals surface area contributed by atoms with E-state index in [2.05, 4.69) is 6.07 Å². The molecule has 0 N–H and O–H groups in total. The molecule has 3 fully saturated rings. The highest BCUT2D eigenvalue weighted by molar-refractivity contribution is 6.21. The first-order valence-corrected chi connectivity index (χ1v) is 8.04. The van der Waals surface area contributed by atoms with Crippen LogP contribution in [-0.4, -0.2) is 14.2 Å². The normalized spacial score (nSPS) is 38.5. The Hall–Kier alpha value is -0.890. The Labute approximate surface area is 125 Å². The third kappa shape index (κ3) is 1.70. The van der Waals surface area contributed by atoms with Crippen LogP contribution in [0.4, 0.5) is 0 Å². The van der Waals surface area contributed by atoms with E-state index in [4.69, 9.17) is 21.1 Å². The minimum Gasteiger partial charge on any atom is -0.493 e. The van der Waals surface area contributed by atoms with Crippen molar-refractivity contribution >= 4 is 11.6 Å². The van der Waals surface area contributed by atoms with Gasteiger partial charge < -0.3 is 9.47 Å². The lowest BCUT2D eigenvalue weighted by molar-refractivity contribution is 0.354. The maximum Gasteiger partial charge on any atom is 0.161 e. The zero-order chi connectivity index (χ0) is 13.9. The Morgan fingerprint density at radius 3 is 2.30 bits per heavy atom. The SMILES string of the molecule is COc1ccc(C(Cl)C2C3C4CCC(C4)C32)cc1OC. The molecule has 5 atom stereocenters. The van der Waals surface area contributed by atoms with Gasteiger partial charge in [0.15, 0.2) is 11.5 Å². The van der Waals surface area contributed by atoms with Crippen LogP contribution < -0.4 is 9.47 Å². The van der Waals surface area contributed by atoms with Gasteiger partial charge in [0.25, 0.3) is 0 Å². The van der Waals surface area contributed by atoms with Crippen LogP contribution in [-0.2, 0) is 0 Å². The van der Waals surface area contributed by atoms with Gasteiger partial charge in [0.1, 0.15) is 0 Å². The van der Waals surface area contributed by atoms with Crippen LogP contribution in [0, 0.1) is 29.6 Å². The van der Waals surface area contributed by atoms with E-state index in [0.29, 0.717) is 5.92 Å². The third-order valence-electron chi connectivity index (χ3n) is 5.86. The molecule has 0 aliphatic heterocycles. The summed E-state index contributed by atoms with van der Waals surface area (Å²) in [6.45, 7) is 0. The molecule has 0 heterocycles. The van der Waals surface area contributed by atoms with E-state index >= 15 is 0 Å². The van der Waals surface area contributed by atoms with Gasteiger partial charge in [-0.05, 0) is 66.5 Å². The van der Waals surface area contributed by atoms with Gasteiger partial charge in [0, 0.05) is 0 Å². The molecule has 2 bridgehead atoms. The Morgan fingerprint density at radius 2 is 1.70 bits per heavy atom. The predicted octanol–water partition coefficient (Wildman–Crippen LogP) is 4.28. The smallest absolute Gasteiger partial charge is 0.161 e. The van der Waals surface area contributed by atoms with Gasteiger partial charge in [-0.3, -0.25) is 0 Å². The topological polar surface area (TPSA) is 18.5 Å². The number of alkyl halides is 1. The van der Waals surface area contributed by atoms with Crippen molar-refractivity contribution in [2.75, 3.05) is 14.2 Å². The first-order chi connectivity index (χ1) is 9.74. The van der Waals surface area contributed by atoms with Gasteiger partial charge in [-0.1, -0.05) is 6.07 Å². The number of hydrogen-bond acceptors (Lipinski definition) is 2. The number of fused-ring (bicyclic) bond motifs is 5. The first-order valence-electron chi connectivity index (χ1n) is 7.60. The first kappa shape index (κ1) is 12.8. The largest absolute Gasteiger partial charge is 0.493 e. The molecule has 4 rings (SSSR count). The van der Waals surface area contributed by atoms with Crippen molar-refractivity contribution in [3.63, 3.8) is 0 Å². The molecule has 20 heavy (non-hydrogen) atoms. The van der Waals surface area contributed by atoms with E-state index in [9.17, 15) is 0 Å². The molecular weight excluding hydrogens is 272 g/mol. The second-order valence-electron chi connectivity index (χ2n) is 6.58. The Morgan fingerprint density at radius 1 is 1.05 bits per heavy atom. The summed E-state index contributed by atoms with van der Waals surface area (Å²) in [5.74, 6) is 6.00. The van der Waals surface area contributed by atoms with Crippen LogP contribution in [0.1, 0.15) is 30.2 Å². The number of benzene rings is 1. The Bertz CT molecular complexity index is 514. The van der Waals surface area contributed by atoms with Gasteiger partial charge in [-0.25, -0.2) is 0 Å². The molecule has 0 radical (unpaired) electrons. The van der Waals surface area contributed by atoms with Crippen LogP contribution in [0.5, 0.6) is 11.5 Å². The monoisotopic (exact) mass is 292 g/mol. The van der Waals surface area contributed by atoms with E-state index in [0.717, 1.165) is 35.2 Å². The molecule has 5 unspecified atom stereocenters. The summed E-state index contributed by atoms with van der Waals surface area (Å²) in [6, 6.07) is 6.11. The average Bonchev–Trinajstić information content (AvgIpc) is 2.92. The van der Waals surface area contributed by atoms with E-state index in [1.165, 1.54) is 24.8 Å². The maximum atomic E-state index is 6.79. The number of rotatable bonds is 4. The quantitative estimate of drug-likeness (QED) is 0.771. The zero-order valence-electron chi connectivity index (χ0n) is 12.0. The van der Waals surface area contributed by atoms with Crippen LogP contribution in [0.15, 0.2) is 18.2 Å². The van der Waals surface area contributed by atoms with Crippen molar-refractivity contribution < 1.29 is 9.47 Å². The number of hydrogen-bond donors (Lipinski definition) is 0. The van der Waals surface area contributed by atoms with Crippen molar-refractivity contribution in [3.8, 4) is 11.5 Å². The van der Waals surface area contributed by atoms with Crippen molar-refractivity contribution in [3.05, 3.63) is 23.8 Å². The molecule has 108 valence electrons. The van der Waals surface area contributed by atoms with Crippen LogP contribution in [0.2, 0.25) is 0 Å². The summed E-state index contributed by atoms with van der Waals surface area (Å²) in [4.78, 5) is 0. The molecule has 0 spiro atoms. The van der Waals surface area contributed by atoms with Gasteiger partial charge in [-0.15, -0.1) is 11.6 Å². The highest BCUT2D eigenvalue weighted by atomic mass is 35.5. The van der Waals surface area contributed by atoms with Crippen LogP contribution >= 0.6 is 11.6 Å². The van der Waals surface area contributed by atoms with Crippen molar-refractivity contribution in [2.24, 2.45) is 29.6 Å². The molecule has 0 amide bonds. The fourth-order valence-corrected chi connectivity index (χ4v) is 5.50. The molecule has 1 aromatic carbocycles. The summed E-state index contributed by atoms with van der Waals surface area (Å²) in [7, 11) is 3.34. The number of ether oxygens (including phenoxy) is 2. The lowest BCUT2D eigenvalue weighted by atomic mass is 9.96. The lowest BCUT2D eigenvalue weighted by Crippen LogP contribution is -2.04. The molecule has 1 aromatic rings. The molecule has 3 heteroatoms. The van der Waals surface area contributed by atoms with Gasteiger partial charge in [0.05, 0.1) is 19.6 Å². The van der Waals surface area contributed by atoms with E-state index in [-0.39, 0.29) is 5.38 Å². The molecule has 3 saturated carbocycles. The summed E-state index contributed by atoms with van der Waals surface area (Å²) in [6.07, 6.45) is 4.36. The molecule has 3 aliphatic rings. The minimum absolute atomic E-state index is 0.133. The van der Waals surface area contributed by atoms with Crippen LogP contribution in [0.25, 0.3) is 0 Å². The van der Waals surface area contributed by atoms with E-state index in [1.807, 2.05) is 12.1 Å². The highest BCUT2D eigenvalue weighted by Gasteiger charge is 2.66. The summed E-state index contributed by atoms with van der Waals surface area (Å²) < 4.78 is 10.7. The predicted molar refractivity (Wildman–Crippen MR) is 79.4 cm³/mol. The third-order valence-corrected chi connectivity index (χ3v) is 6.40. The lowest BCUT2D eigenvalue weighted by Gasteiger charge is -2.16. The second kappa shape index (κ2) is 4.56. The summed E-state index contributed by atoms with van der Waals surface area (Å²) >= 11 is 6.79. The van der Waals surface area contributed by atoms with Crippen molar-refractivity contribution in [1.29, 1.82) is 0 Å². The average molecular weight is 293 g/mol. The summed E-state index contributed by atoms with van der Waals surface area (Å²) in [5, 5.41) is 0.133. The fraction of sp³-hybridized carbons (Fsp3) is 0.647. The second-order valence-corrected chi connectivity index (χ2v) is 7.05. The Kier molecular flexibility index (Phi) is 2.92. The van der Waals surface area contributed by atoms with Gasteiger partial charge in [-0.2, -0.15) is 0 Å². The molecule has 2 nitrogen and oxygen atoms in total. The molecular formula is C17H21ClO2. The van der Waals surface area contributed by atoms with E-state index < -0.39 is 0 Å². The van der Waals surface area contributed by atoms with E-state index in [1.54, 1.807) is 14.2 Å². The van der Waals surface area contributed by atoms with Gasteiger partial charge in [0.2, 0.25) is 0 Å². The maximum absolute atomic E-state index is 6.79. The molecule has 0 saturated heterocycles. The van der Waals surface area contributed by atoms with Crippen molar-refractivity contribution in [1.82, 2.24) is 0 Å². The van der Waals surface area contributed by atoms with Crippen molar-refractivity contribution in [2.45, 2.75) is 24.6 Å². The Balaban J connectivity index is 1.56. The fourth-order valence-electron chi connectivity index (χ4n) is 5.03. The number of halogens is 1. The van der Waals surface area contributed by atoms with Gasteiger partial charge >= 0.3 is 0 Å². The zero-order valence-corrected chi connectivity index (χ0v) is 12.8. The summed E-state index contributed by atoms with van der Waals surface area (Å²) in [5.41, 5.74) is 1.18. The minimum atomic E-state index is 0.133.